The minimum atomic E-state index is -0.686. The van der Waals surface area contributed by atoms with Crippen LogP contribution in [0.4, 0.5) is 5.69 Å². The molecule has 0 heterocycles. The zero-order valence-electron chi connectivity index (χ0n) is 27.4. The average molecular weight is 653 g/mol. The lowest BCUT2D eigenvalue weighted by atomic mass is 10.1. The number of benzene rings is 4. The maximum absolute atomic E-state index is 13.2. The number of methoxy groups -OCH3 is 4. The van der Waals surface area contributed by atoms with Gasteiger partial charge in [0.2, 0.25) is 5.75 Å². The normalized spacial score (nSPS) is 11.0. The van der Waals surface area contributed by atoms with E-state index in [1.807, 2.05) is 43.3 Å². The zero-order chi connectivity index (χ0) is 34.6. The highest BCUT2D eigenvalue weighted by Gasteiger charge is 2.20. The van der Waals surface area contributed by atoms with Crippen molar-refractivity contribution in [2.24, 2.45) is 5.10 Å². The van der Waals surface area contributed by atoms with Crippen LogP contribution < -0.4 is 39.3 Å². The van der Waals surface area contributed by atoms with Crippen LogP contribution in [-0.4, -0.2) is 66.5 Å². The largest absolute Gasteiger partial charge is 0.493 e. The molecule has 0 aliphatic rings. The SMILES string of the molecule is COc1cc(/C=N/NC(=O)/C(=C/c2ccc(N(C)C)cc2)NC(=O)c2ccccc2)ccc1OC(=O)c1cc(OC)c(OC)c(OC)c1. The van der Waals surface area contributed by atoms with Gasteiger partial charge in [-0.05, 0) is 71.8 Å². The van der Waals surface area contributed by atoms with Gasteiger partial charge in [-0.15, -0.1) is 0 Å². The molecule has 0 bridgehead atoms. The van der Waals surface area contributed by atoms with Crippen molar-refractivity contribution in [1.29, 1.82) is 0 Å². The maximum atomic E-state index is 13.2. The molecule has 4 rings (SSSR count). The summed E-state index contributed by atoms with van der Waals surface area (Å²) < 4.78 is 27.0. The van der Waals surface area contributed by atoms with Gasteiger partial charge in [0, 0.05) is 25.3 Å². The number of hydrazone groups is 1. The summed E-state index contributed by atoms with van der Waals surface area (Å²) in [4.78, 5) is 41.1. The van der Waals surface area contributed by atoms with E-state index in [1.165, 1.54) is 52.9 Å². The van der Waals surface area contributed by atoms with Gasteiger partial charge in [-0.2, -0.15) is 5.10 Å². The number of amides is 2. The molecule has 0 aliphatic carbocycles. The van der Waals surface area contributed by atoms with Crippen LogP contribution in [0.25, 0.3) is 6.08 Å². The van der Waals surface area contributed by atoms with Gasteiger partial charge in [0.1, 0.15) is 5.70 Å². The highest BCUT2D eigenvalue weighted by Crippen LogP contribution is 2.39. The predicted octanol–water partition coefficient (Wildman–Crippen LogP) is 4.93. The molecule has 48 heavy (non-hydrogen) atoms. The Morgan fingerprint density at radius 3 is 1.90 bits per heavy atom. The minimum absolute atomic E-state index is 0.00904. The van der Waals surface area contributed by atoms with Gasteiger partial charge in [0.15, 0.2) is 23.0 Å². The van der Waals surface area contributed by atoms with Crippen LogP contribution in [0.1, 0.15) is 31.8 Å². The number of hydrogen-bond acceptors (Lipinski definition) is 10. The average Bonchev–Trinajstić information content (AvgIpc) is 3.11. The molecular weight excluding hydrogens is 616 g/mol. The summed E-state index contributed by atoms with van der Waals surface area (Å²) >= 11 is 0. The van der Waals surface area contributed by atoms with Gasteiger partial charge in [0.05, 0.1) is 40.2 Å². The highest BCUT2D eigenvalue weighted by molar-refractivity contribution is 6.05. The lowest BCUT2D eigenvalue weighted by molar-refractivity contribution is -0.117. The van der Waals surface area contributed by atoms with E-state index in [0.717, 1.165) is 5.69 Å². The Morgan fingerprint density at radius 2 is 1.31 bits per heavy atom. The number of nitrogens with one attached hydrogen (secondary N) is 2. The Bertz CT molecular complexity index is 1790. The van der Waals surface area contributed by atoms with Crippen molar-refractivity contribution < 1.29 is 38.1 Å². The van der Waals surface area contributed by atoms with Crippen molar-refractivity contribution in [3.05, 3.63) is 113 Å². The van der Waals surface area contributed by atoms with Gasteiger partial charge in [-0.25, -0.2) is 10.2 Å². The van der Waals surface area contributed by atoms with Crippen molar-refractivity contribution >= 4 is 35.8 Å². The number of carbonyl (C=O) groups excluding carboxylic acids is 3. The number of nitrogens with zero attached hydrogens (tertiary/aromatic N) is 2. The van der Waals surface area contributed by atoms with Gasteiger partial charge >= 0.3 is 5.97 Å². The van der Waals surface area contributed by atoms with Gasteiger partial charge in [0.25, 0.3) is 11.8 Å². The van der Waals surface area contributed by atoms with Crippen LogP contribution in [0.5, 0.6) is 28.7 Å². The van der Waals surface area contributed by atoms with E-state index in [9.17, 15) is 14.4 Å². The Balaban J connectivity index is 1.50. The van der Waals surface area contributed by atoms with E-state index < -0.39 is 17.8 Å². The van der Waals surface area contributed by atoms with Crippen LogP contribution >= 0.6 is 0 Å². The third-order valence-electron chi connectivity index (χ3n) is 6.92. The van der Waals surface area contributed by atoms with E-state index in [-0.39, 0.29) is 22.8 Å². The van der Waals surface area contributed by atoms with Crippen molar-refractivity contribution in [2.75, 3.05) is 47.4 Å². The molecule has 0 radical (unpaired) electrons. The summed E-state index contributed by atoms with van der Waals surface area (Å²) in [6.07, 6.45) is 2.94. The van der Waals surface area contributed by atoms with Crippen LogP contribution in [-0.2, 0) is 4.79 Å². The topological polar surface area (TPSA) is 137 Å². The standard InChI is InChI=1S/C36H36N4O8/c1-40(2)27-15-12-23(13-16-27)18-28(38-34(41)25-10-8-7-9-11-25)35(42)39-37-22-24-14-17-29(30(19-24)44-3)48-36(43)26-20-31(45-4)33(47-6)32(21-26)46-5/h7-22H,1-6H3,(H,38,41)(H,39,42)/b28-18-,37-22+. The zero-order valence-corrected chi connectivity index (χ0v) is 27.4. The molecule has 0 spiro atoms. The number of carbonyl (C=O) groups is 3. The fraction of sp³-hybridized carbons (Fsp3) is 0.167. The number of hydrogen-bond donors (Lipinski definition) is 2. The lowest BCUT2D eigenvalue weighted by Crippen LogP contribution is -2.32. The highest BCUT2D eigenvalue weighted by atomic mass is 16.6. The second kappa shape index (κ2) is 16.3. The quantitative estimate of drug-likeness (QED) is 0.0678. The van der Waals surface area contributed by atoms with Crippen molar-refractivity contribution in [3.8, 4) is 28.7 Å². The summed E-state index contributed by atoms with van der Waals surface area (Å²) in [6.45, 7) is 0. The second-order valence-electron chi connectivity index (χ2n) is 10.3. The number of esters is 1. The third kappa shape index (κ3) is 8.69. The van der Waals surface area contributed by atoms with Crippen molar-refractivity contribution in [1.82, 2.24) is 10.7 Å². The van der Waals surface area contributed by atoms with Gasteiger partial charge in [-0.1, -0.05) is 30.3 Å². The van der Waals surface area contributed by atoms with Gasteiger partial charge < -0.3 is 33.9 Å². The van der Waals surface area contributed by atoms with E-state index in [0.29, 0.717) is 33.9 Å². The molecule has 12 heteroatoms. The first kappa shape index (κ1) is 34.6. The van der Waals surface area contributed by atoms with E-state index in [4.69, 9.17) is 23.7 Å². The first-order valence-electron chi connectivity index (χ1n) is 14.6. The molecule has 0 saturated carbocycles. The first-order chi connectivity index (χ1) is 23.2. The molecule has 4 aromatic rings. The van der Waals surface area contributed by atoms with Gasteiger partial charge in [-0.3, -0.25) is 9.59 Å². The van der Waals surface area contributed by atoms with E-state index in [2.05, 4.69) is 15.8 Å². The summed E-state index contributed by atoms with van der Waals surface area (Å²) in [5.74, 6) is -0.468. The fourth-order valence-electron chi connectivity index (χ4n) is 4.41. The number of ether oxygens (including phenoxy) is 5. The molecule has 2 N–H and O–H groups in total. The molecule has 0 aliphatic heterocycles. The fourth-order valence-corrected chi connectivity index (χ4v) is 4.41. The van der Waals surface area contributed by atoms with Crippen LogP contribution in [0.2, 0.25) is 0 Å². The molecule has 0 atom stereocenters. The molecule has 12 nitrogen and oxygen atoms in total. The second-order valence-corrected chi connectivity index (χ2v) is 10.3. The third-order valence-corrected chi connectivity index (χ3v) is 6.92. The van der Waals surface area contributed by atoms with E-state index >= 15 is 0 Å². The maximum Gasteiger partial charge on any atom is 0.343 e. The summed E-state index contributed by atoms with van der Waals surface area (Å²) in [5.41, 5.74) is 5.20. The molecule has 0 aromatic heterocycles. The van der Waals surface area contributed by atoms with Crippen LogP contribution in [0.3, 0.4) is 0 Å². The van der Waals surface area contributed by atoms with Crippen LogP contribution in [0, 0.1) is 0 Å². The smallest absolute Gasteiger partial charge is 0.343 e. The summed E-state index contributed by atoms with van der Waals surface area (Å²) in [7, 11) is 9.63. The summed E-state index contributed by atoms with van der Waals surface area (Å²) in [5, 5.41) is 6.74. The monoisotopic (exact) mass is 652 g/mol. The molecule has 0 saturated heterocycles. The molecule has 0 fully saturated rings. The Kier molecular flexibility index (Phi) is 11.8. The Hall–Kier alpha value is -6.30. The number of rotatable bonds is 13. The Morgan fingerprint density at radius 1 is 0.688 bits per heavy atom. The minimum Gasteiger partial charge on any atom is -0.493 e. The Labute approximate surface area is 278 Å². The molecule has 0 unspecified atom stereocenters. The number of anilines is 1. The molecular formula is C36H36N4O8. The lowest BCUT2D eigenvalue weighted by Gasteiger charge is -2.14. The summed E-state index contributed by atoms with van der Waals surface area (Å²) in [6, 6.07) is 23.7. The first-order valence-corrected chi connectivity index (χ1v) is 14.6. The molecule has 4 aromatic carbocycles. The van der Waals surface area contributed by atoms with Crippen molar-refractivity contribution in [2.45, 2.75) is 0 Å². The van der Waals surface area contributed by atoms with Crippen LogP contribution in [0.15, 0.2) is 95.7 Å². The van der Waals surface area contributed by atoms with E-state index in [1.54, 1.807) is 48.5 Å². The van der Waals surface area contributed by atoms with Crippen molar-refractivity contribution in [3.63, 3.8) is 0 Å². The molecule has 2 amide bonds. The predicted molar refractivity (Wildman–Crippen MR) is 182 cm³/mol. The molecule has 248 valence electrons.